The van der Waals surface area contributed by atoms with Crippen molar-refractivity contribution >= 4 is 10.8 Å². The van der Waals surface area contributed by atoms with E-state index in [4.69, 9.17) is 0 Å². The van der Waals surface area contributed by atoms with Gasteiger partial charge in [-0.2, -0.15) is 0 Å². The quantitative estimate of drug-likeness (QED) is 0.440. The maximum Gasteiger partial charge on any atom is -0.0102 e. The molecule has 0 aliphatic heterocycles. The molecule has 0 saturated carbocycles. The Hall–Kier alpha value is -1.82. The summed E-state index contributed by atoms with van der Waals surface area (Å²) in [5, 5.41) is 2.78. The fourth-order valence-corrected chi connectivity index (χ4v) is 3.35. The Morgan fingerprint density at radius 2 is 1.68 bits per heavy atom. The molecule has 0 nitrogen and oxygen atoms in total. The topological polar surface area (TPSA) is 0 Å². The van der Waals surface area contributed by atoms with Crippen molar-refractivity contribution in [3.05, 3.63) is 59.7 Å². The van der Waals surface area contributed by atoms with E-state index in [1.54, 1.807) is 0 Å². The average molecular weight is 290 g/mol. The fraction of sp³-hybridized carbons (Fsp3) is 0.364. The van der Waals surface area contributed by atoms with Gasteiger partial charge >= 0.3 is 0 Å². The molecule has 2 aliphatic rings. The standard InChI is InChI=1S/C22H26/c1-3-4-5-6-7-10-18-12-13-19-16-20-14-17(2)9-8-11-21(20)22(19)15-18/h8-9,11-16H,3-7,10H2,1-2H3. The van der Waals surface area contributed by atoms with Crippen LogP contribution in [0.1, 0.15) is 50.2 Å². The van der Waals surface area contributed by atoms with Gasteiger partial charge in [0.05, 0.1) is 0 Å². The first-order valence-corrected chi connectivity index (χ1v) is 8.70. The van der Waals surface area contributed by atoms with Gasteiger partial charge in [0.15, 0.2) is 0 Å². The molecule has 0 fully saturated rings. The van der Waals surface area contributed by atoms with Crippen LogP contribution in [-0.4, -0.2) is 0 Å². The highest BCUT2D eigenvalue weighted by molar-refractivity contribution is 6.02. The summed E-state index contributed by atoms with van der Waals surface area (Å²) in [6, 6.07) is 18.3. The number of hydrogen-bond acceptors (Lipinski definition) is 0. The summed E-state index contributed by atoms with van der Waals surface area (Å²) in [6.07, 6.45) is 7.97. The molecule has 0 atom stereocenters. The van der Waals surface area contributed by atoms with Crippen LogP contribution in [0.5, 0.6) is 0 Å². The molecule has 0 bridgehead atoms. The lowest BCUT2D eigenvalue weighted by Crippen LogP contribution is -1.86. The minimum absolute atomic E-state index is 1.21. The van der Waals surface area contributed by atoms with E-state index in [0.29, 0.717) is 0 Å². The van der Waals surface area contributed by atoms with Gasteiger partial charge in [0.25, 0.3) is 0 Å². The first-order valence-electron chi connectivity index (χ1n) is 8.70. The largest absolute Gasteiger partial charge is 0.0654 e. The predicted octanol–water partition coefficient (Wildman–Crippen LogP) is 6.77. The zero-order valence-corrected chi connectivity index (χ0v) is 13.9. The molecule has 1 aromatic carbocycles. The van der Waals surface area contributed by atoms with Crippen LogP contribution < -0.4 is 0 Å². The molecule has 114 valence electrons. The monoisotopic (exact) mass is 290 g/mol. The Morgan fingerprint density at radius 1 is 0.818 bits per heavy atom. The van der Waals surface area contributed by atoms with Crippen molar-refractivity contribution in [3.8, 4) is 11.1 Å². The van der Waals surface area contributed by atoms with Gasteiger partial charge in [-0.25, -0.2) is 0 Å². The Bertz CT molecular complexity index is 723. The lowest BCUT2D eigenvalue weighted by atomic mass is 10.0. The van der Waals surface area contributed by atoms with Crippen LogP contribution in [0.25, 0.3) is 21.9 Å². The summed E-state index contributed by atoms with van der Waals surface area (Å²) in [4.78, 5) is 0. The predicted molar refractivity (Wildman–Crippen MR) is 97.8 cm³/mol. The minimum atomic E-state index is 1.21. The summed E-state index contributed by atoms with van der Waals surface area (Å²) < 4.78 is 0. The Morgan fingerprint density at radius 3 is 2.55 bits per heavy atom. The van der Waals surface area contributed by atoms with Crippen LogP contribution in [0.2, 0.25) is 0 Å². The maximum atomic E-state index is 2.41. The molecule has 0 radical (unpaired) electrons. The van der Waals surface area contributed by atoms with Crippen molar-refractivity contribution in [2.24, 2.45) is 0 Å². The first kappa shape index (κ1) is 15.1. The Kier molecular flexibility index (Phi) is 4.77. The second-order valence-corrected chi connectivity index (χ2v) is 6.51. The van der Waals surface area contributed by atoms with E-state index in [2.05, 4.69) is 62.4 Å². The molecular formula is C22H26. The zero-order valence-electron chi connectivity index (χ0n) is 13.9. The van der Waals surface area contributed by atoms with Crippen LogP contribution in [0.3, 0.4) is 0 Å². The van der Waals surface area contributed by atoms with Crippen molar-refractivity contribution in [3.63, 3.8) is 0 Å². The molecule has 0 spiro atoms. The molecule has 0 aromatic heterocycles. The van der Waals surface area contributed by atoms with Crippen LogP contribution in [-0.2, 0) is 6.42 Å². The maximum absolute atomic E-state index is 2.41. The van der Waals surface area contributed by atoms with Gasteiger partial charge in [-0.1, -0.05) is 80.6 Å². The van der Waals surface area contributed by atoms with Crippen molar-refractivity contribution in [2.75, 3.05) is 0 Å². The van der Waals surface area contributed by atoms with Gasteiger partial charge in [0.2, 0.25) is 0 Å². The van der Waals surface area contributed by atoms with Gasteiger partial charge < -0.3 is 0 Å². The SMILES string of the molecule is CCCCCCCc1ccc2cc3cc(C)cccc-3c2c1. The summed E-state index contributed by atoms with van der Waals surface area (Å²) in [5.74, 6) is 0. The van der Waals surface area contributed by atoms with Crippen molar-refractivity contribution in [1.29, 1.82) is 0 Å². The van der Waals surface area contributed by atoms with E-state index in [1.165, 1.54) is 71.6 Å². The van der Waals surface area contributed by atoms with E-state index in [1.807, 2.05) is 0 Å². The lowest BCUT2D eigenvalue weighted by molar-refractivity contribution is 0.632. The Labute approximate surface area is 134 Å². The summed E-state index contributed by atoms with van der Waals surface area (Å²) in [5.41, 5.74) is 5.55. The van der Waals surface area contributed by atoms with E-state index in [-0.39, 0.29) is 0 Å². The minimum Gasteiger partial charge on any atom is -0.0654 e. The normalized spacial score (nSPS) is 11.4. The van der Waals surface area contributed by atoms with E-state index < -0.39 is 0 Å². The van der Waals surface area contributed by atoms with E-state index >= 15 is 0 Å². The van der Waals surface area contributed by atoms with Crippen LogP contribution in [0.15, 0.2) is 48.5 Å². The van der Waals surface area contributed by atoms with Gasteiger partial charge in [-0.15, -0.1) is 0 Å². The van der Waals surface area contributed by atoms with Crippen LogP contribution in [0, 0.1) is 6.92 Å². The van der Waals surface area contributed by atoms with Gasteiger partial charge in [-0.05, 0) is 53.3 Å². The number of benzene rings is 1. The van der Waals surface area contributed by atoms with Crippen molar-refractivity contribution < 1.29 is 0 Å². The third kappa shape index (κ3) is 3.32. The van der Waals surface area contributed by atoms with Gasteiger partial charge in [-0.3, -0.25) is 0 Å². The second-order valence-electron chi connectivity index (χ2n) is 6.51. The fourth-order valence-electron chi connectivity index (χ4n) is 3.35. The number of fused-ring (bicyclic) bond motifs is 3. The smallest absolute Gasteiger partial charge is 0.0102 e. The van der Waals surface area contributed by atoms with E-state index in [9.17, 15) is 0 Å². The lowest BCUT2D eigenvalue weighted by Gasteiger charge is -2.03. The molecule has 0 heteroatoms. The van der Waals surface area contributed by atoms with E-state index in [0.717, 1.165) is 0 Å². The Balaban J connectivity index is 1.82. The number of aryl methyl sites for hydroxylation is 2. The molecule has 0 saturated heterocycles. The molecule has 3 rings (SSSR count). The molecule has 1 aromatic rings. The summed E-state index contributed by atoms with van der Waals surface area (Å²) >= 11 is 0. The highest BCUT2D eigenvalue weighted by Gasteiger charge is 2.09. The number of unbranched alkanes of at least 4 members (excludes halogenated alkanes) is 4. The second kappa shape index (κ2) is 6.96. The van der Waals surface area contributed by atoms with Crippen molar-refractivity contribution in [1.82, 2.24) is 0 Å². The highest BCUT2D eigenvalue weighted by atomic mass is 14.1. The van der Waals surface area contributed by atoms with Crippen LogP contribution in [0.4, 0.5) is 0 Å². The molecule has 0 unspecified atom stereocenters. The molecule has 0 N–H and O–H groups in total. The van der Waals surface area contributed by atoms with Gasteiger partial charge in [0, 0.05) is 0 Å². The first-order chi connectivity index (χ1) is 10.8. The molecule has 0 amide bonds. The average Bonchev–Trinajstić information content (AvgIpc) is 2.73. The third-order valence-electron chi connectivity index (χ3n) is 4.60. The number of hydrogen-bond donors (Lipinski definition) is 0. The summed E-state index contributed by atoms with van der Waals surface area (Å²) in [7, 11) is 0. The molecule has 2 aliphatic carbocycles. The molecular weight excluding hydrogens is 264 g/mol. The third-order valence-corrected chi connectivity index (χ3v) is 4.60. The van der Waals surface area contributed by atoms with Crippen LogP contribution >= 0.6 is 0 Å². The zero-order chi connectivity index (χ0) is 15.4. The summed E-state index contributed by atoms with van der Waals surface area (Å²) in [6.45, 7) is 4.44. The highest BCUT2D eigenvalue weighted by Crippen LogP contribution is 2.34. The van der Waals surface area contributed by atoms with Gasteiger partial charge in [0.1, 0.15) is 0 Å². The molecule has 0 heterocycles. The van der Waals surface area contributed by atoms with Crippen molar-refractivity contribution in [2.45, 2.75) is 52.4 Å². The number of rotatable bonds is 6. The molecule has 22 heavy (non-hydrogen) atoms.